The Kier molecular flexibility index (Phi) is 6.64. The zero-order valence-electron chi connectivity index (χ0n) is 16.0. The maximum absolute atomic E-state index is 12.4. The molecule has 2 aromatic carbocycles. The van der Waals surface area contributed by atoms with Crippen molar-refractivity contribution in [2.45, 2.75) is 39.0 Å². The van der Waals surface area contributed by atoms with Gasteiger partial charge in [0.25, 0.3) is 0 Å². The molecule has 0 radical (unpaired) electrons. The lowest BCUT2D eigenvalue weighted by molar-refractivity contribution is -0.135. The molecule has 3 rings (SSSR count). The molecule has 0 spiro atoms. The van der Waals surface area contributed by atoms with Crippen molar-refractivity contribution in [2.75, 3.05) is 18.4 Å². The average molecular weight is 364 g/mol. The van der Waals surface area contributed by atoms with Crippen LogP contribution in [0.25, 0.3) is 0 Å². The molecule has 1 saturated heterocycles. The molecule has 0 aromatic heterocycles. The normalized spacial score (nSPS) is 14.8. The Labute approximate surface area is 161 Å². The highest BCUT2D eigenvalue weighted by atomic mass is 16.2. The molecule has 1 heterocycles. The number of hydrogen-bond donors (Lipinski definition) is 1. The lowest BCUT2D eigenvalue weighted by Crippen LogP contribution is -2.40. The van der Waals surface area contributed by atoms with Crippen molar-refractivity contribution in [2.24, 2.45) is 5.92 Å². The molecule has 1 N–H and O–H groups in total. The number of aryl methyl sites for hydroxylation is 1. The van der Waals surface area contributed by atoms with Crippen LogP contribution in [0.5, 0.6) is 0 Å². The Morgan fingerprint density at radius 2 is 1.63 bits per heavy atom. The number of benzene rings is 2. The summed E-state index contributed by atoms with van der Waals surface area (Å²) >= 11 is 0. The Balaban J connectivity index is 1.42. The monoisotopic (exact) mass is 364 g/mol. The molecule has 1 aliphatic heterocycles. The highest BCUT2D eigenvalue weighted by Gasteiger charge is 2.24. The van der Waals surface area contributed by atoms with Crippen LogP contribution in [0.15, 0.2) is 54.6 Å². The standard InChI is InChI=1S/C23H28N2O2/c1-2-18-8-10-21(11-9-18)24-22(26)17-23(27)25-14-12-20(13-15-25)16-19-6-4-3-5-7-19/h3-11,20H,2,12-17H2,1H3,(H,24,26). The van der Waals surface area contributed by atoms with Gasteiger partial charge in [-0.3, -0.25) is 9.59 Å². The van der Waals surface area contributed by atoms with E-state index in [1.165, 1.54) is 11.1 Å². The van der Waals surface area contributed by atoms with Crippen LogP contribution < -0.4 is 5.32 Å². The van der Waals surface area contributed by atoms with Crippen LogP contribution in [-0.4, -0.2) is 29.8 Å². The summed E-state index contributed by atoms with van der Waals surface area (Å²) in [5.74, 6) is 0.300. The van der Waals surface area contributed by atoms with Crippen molar-refractivity contribution >= 4 is 17.5 Å². The molecule has 4 heteroatoms. The zero-order chi connectivity index (χ0) is 19.1. The predicted octanol–water partition coefficient (Wildman–Crippen LogP) is 4.06. The van der Waals surface area contributed by atoms with Gasteiger partial charge < -0.3 is 10.2 Å². The van der Waals surface area contributed by atoms with Crippen molar-refractivity contribution in [1.82, 2.24) is 4.90 Å². The Bertz CT molecular complexity index is 748. The molecular formula is C23H28N2O2. The second-order valence-corrected chi connectivity index (χ2v) is 7.29. The second kappa shape index (κ2) is 9.36. The summed E-state index contributed by atoms with van der Waals surface area (Å²) in [6.07, 6.45) is 3.95. The van der Waals surface area contributed by atoms with Crippen LogP contribution in [0.2, 0.25) is 0 Å². The number of likely N-dealkylation sites (tertiary alicyclic amines) is 1. The van der Waals surface area contributed by atoms with Crippen molar-refractivity contribution < 1.29 is 9.59 Å². The largest absolute Gasteiger partial charge is 0.342 e. The van der Waals surface area contributed by atoms with Gasteiger partial charge >= 0.3 is 0 Å². The van der Waals surface area contributed by atoms with E-state index in [1.54, 1.807) is 0 Å². The molecule has 27 heavy (non-hydrogen) atoms. The highest BCUT2D eigenvalue weighted by molar-refractivity contribution is 6.03. The molecule has 0 unspecified atom stereocenters. The SMILES string of the molecule is CCc1ccc(NC(=O)CC(=O)N2CCC(Cc3ccccc3)CC2)cc1. The van der Waals surface area contributed by atoms with Gasteiger partial charge in [-0.05, 0) is 54.9 Å². The van der Waals surface area contributed by atoms with Gasteiger partial charge in [-0.15, -0.1) is 0 Å². The van der Waals surface area contributed by atoms with E-state index in [-0.39, 0.29) is 18.2 Å². The summed E-state index contributed by atoms with van der Waals surface area (Å²) in [5, 5.41) is 2.82. The van der Waals surface area contributed by atoms with Gasteiger partial charge in [-0.1, -0.05) is 49.4 Å². The van der Waals surface area contributed by atoms with Gasteiger partial charge in [0.05, 0.1) is 0 Å². The number of nitrogens with zero attached hydrogens (tertiary/aromatic N) is 1. The van der Waals surface area contributed by atoms with E-state index < -0.39 is 0 Å². The van der Waals surface area contributed by atoms with E-state index in [0.717, 1.165) is 44.5 Å². The first-order chi connectivity index (χ1) is 13.1. The topological polar surface area (TPSA) is 49.4 Å². The third kappa shape index (κ3) is 5.68. The molecule has 0 atom stereocenters. The van der Waals surface area contributed by atoms with Gasteiger partial charge in [0.2, 0.25) is 11.8 Å². The minimum Gasteiger partial charge on any atom is -0.342 e. The van der Waals surface area contributed by atoms with Crippen LogP contribution in [0.1, 0.15) is 37.3 Å². The lowest BCUT2D eigenvalue weighted by Gasteiger charge is -2.32. The first-order valence-electron chi connectivity index (χ1n) is 9.84. The minimum atomic E-state index is -0.240. The third-order valence-electron chi connectivity index (χ3n) is 5.29. The maximum atomic E-state index is 12.4. The Hall–Kier alpha value is -2.62. The molecule has 2 aromatic rings. The van der Waals surface area contributed by atoms with Crippen LogP contribution in [0, 0.1) is 5.92 Å². The summed E-state index contributed by atoms with van der Waals surface area (Å²) in [5.41, 5.74) is 3.32. The lowest BCUT2D eigenvalue weighted by atomic mass is 9.90. The number of carbonyl (C=O) groups is 2. The molecule has 4 nitrogen and oxygen atoms in total. The first-order valence-corrected chi connectivity index (χ1v) is 9.84. The third-order valence-corrected chi connectivity index (χ3v) is 5.29. The van der Waals surface area contributed by atoms with Crippen molar-refractivity contribution in [1.29, 1.82) is 0 Å². The fourth-order valence-electron chi connectivity index (χ4n) is 3.61. The van der Waals surface area contributed by atoms with Gasteiger partial charge in [-0.25, -0.2) is 0 Å². The van der Waals surface area contributed by atoms with Crippen molar-refractivity contribution in [3.63, 3.8) is 0 Å². The maximum Gasteiger partial charge on any atom is 0.233 e. The molecule has 2 amide bonds. The molecule has 1 fully saturated rings. The number of amides is 2. The van der Waals surface area contributed by atoms with Gasteiger partial charge in [-0.2, -0.15) is 0 Å². The van der Waals surface area contributed by atoms with E-state index in [2.05, 4.69) is 36.5 Å². The summed E-state index contributed by atoms with van der Waals surface area (Å²) in [6, 6.07) is 18.3. The quantitative estimate of drug-likeness (QED) is 0.786. The summed E-state index contributed by atoms with van der Waals surface area (Å²) in [7, 11) is 0. The van der Waals surface area contributed by atoms with E-state index in [4.69, 9.17) is 0 Å². The Morgan fingerprint density at radius 1 is 0.963 bits per heavy atom. The molecule has 0 bridgehead atoms. The highest BCUT2D eigenvalue weighted by Crippen LogP contribution is 2.22. The fraction of sp³-hybridized carbons (Fsp3) is 0.391. The number of nitrogens with one attached hydrogen (secondary N) is 1. The van der Waals surface area contributed by atoms with Gasteiger partial charge in [0, 0.05) is 18.8 Å². The molecule has 142 valence electrons. The second-order valence-electron chi connectivity index (χ2n) is 7.29. The van der Waals surface area contributed by atoms with Crippen LogP contribution >= 0.6 is 0 Å². The zero-order valence-corrected chi connectivity index (χ0v) is 16.0. The molecule has 0 aliphatic carbocycles. The van der Waals surface area contributed by atoms with Gasteiger partial charge in [0.15, 0.2) is 0 Å². The van der Waals surface area contributed by atoms with Crippen LogP contribution in [-0.2, 0) is 22.4 Å². The summed E-state index contributed by atoms with van der Waals surface area (Å²) < 4.78 is 0. The Morgan fingerprint density at radius 3 is 2.26 bits per heavy atom. The number of hydrogen-bond acceptors (Lipinski definition) is 2. The van der Waals surface area contributed by atoms with E-state index in [9.17, 15) is 9.59 Å². The average Bonchev–Trinajstić information content (AvgIpc) is 2.70. The minimum absolute atomic E-state index is 0.0733. The molecule has 0 saturated carbocycles. The number of piperidine rings is 1. The number of rotatable bonds is 6. The smallest absolute Gasteiger partial charge is 0.233 e. The van der Waals surface area contributed by atoms with Crippen LogP contribution in [0.3, 0.4) is 0 Å². The summed E-state index contributed by atoms with van der Waals surface area (Å²) in [4.78, 5) is 26.4. The fourth-order valence-corrected chi connectivity index (χ4v) is 3.61. The van der Waals surface area contributed by atoms with Gasteiger partial charge in [0.1, 0.15) is 6.42 Å². The number of carbonyl (C=O) groups excluding carboxylic acids is 2. The predicted molar refractivity (Wildman–Crippen MR) is 109 cm³/mol. The first kappa shape index (κ1) is 19.2. The molecule has 1 aliphatic rings. The van der Waals surface area contributed by atoms with Crippen LogP contribution in [0.4, 0.5) is 5.69 Å². The van der Waals surface area contributed by atoms with E-state index in [0.29, 0.717) is 5.92 Å². The molecular weight excluding hydrogens is 336 g/mol. The van der Waals surface area contributed by atoms with Crippen molar-refractivity contribution in [3.8, 4) is 0 Å². The summed E-state index contributed by atoms with van der Waals surface area (Å²) in [6.45, 7) is 3.58. The van der Waals surface area contributed by atoms with Crippen molar-refractivity contribution in [3.05, 3.63) is 65.7 Å². The number of anilines is 1. The van der Waals surface area contributed by atoms with E-state index in [1.807, 2.05) is 35.2 Å². The van der Waals surface area contributed by atoms with E-state index >= 15 is 0 Å².